The predicted octanol–water partition coefficient (Wildman–Crippen LogP) is 1.67. The van der Waals surface area contributed by atoms with Crippen molar-refractivity contribution in [1.82, 2.24) is 5.32 Å². The van der Waals surface area contributed by atoms with E-state index in [0.717, 1.165) is 45.2 Å². The average molecular weight is 202 g/mol. The van der Waals surface area contributed by atoms with Crippen LogP contribution < -0.4 is 5.32 Å². The van der Waals surface area contributed by atoms with E-state index in [2.05, 4.69) is 10.5 Å². The van der Waals surface area contributed by atoms with E-state index in [-0.39, 0.29) is 6.10 Å². The van der Waals surface area contributed by atoms with E-state index in [0.29, 0.717) is 6.54 Å². The highest BCUT2D eigenvalue weighted by atomic mass is 16.3. The molecule has 0 aliphatic heterocycles. The van der Waals surface area contributed by atoms with Gasteiger partial charge in [-0.15, -0.1) is 0 Å². The summed E-state index contributed by atoms with van der Waals surface area (Å²) in [6, 6.07) is 0. The fourth-order valence-corrected chi connectivity index (χ4v) is 1.25. The summed E-state index contributed by atoms with van der Waals surface area (Å²) < 4.78 is 0. The zero-order valence-electron chi connectivity index (χ0n) is 9.04. The van der Waals surface area contributed by atoms with Crippen LogP contribution >= 0.6 is 0 Å². The summed E-state index contributed by atoms with van der Waals surface area (Å²) in [4.78, 5) is 9.75. The molecule has 14 heavy (non-hydrogen) atoms. The van der Waals surface area contributed by atoms with Gasteiger partial charge in [0.1, 0.15) is 0 Å². The monoisotopic (exact) mass is 202 g/mol. The Morgan fingerprint density at radius 3 is 2.57 bits per heavy atom. The number of nitrogens with zero attached hydrogens (tertiary/aromatic N) is 1. The first-order chi connectivity index (χ1) is 6.77. The van der Waals surface area contributed by atoms with Gasteiger partial charge < -0.3 is 10.4 Å². The van der Waals surface area contributed by atoms with Gasteiger partial charge in [0.25, 0.3) is 0 Å². The minimum atomic E-state index is -0.185. The highest BCUT2D eigenvalue weighted by Crippen LogP contribution is 1.95. The van der Waals surface area contributed by atoms with Crippen LogP contribution in [0, 0.1) is 4.91 Å². The number of nitroso groups, excluding NO2 is 1. The minimum absolute atomic E-state index is 0.185. The highest BCUT2D eigenvalue weighted by molar-refractivity contribution is 4.53. The van der Waals surface area contributed by atoms with Gasteiger partial charge in [-0.1, -0.05) is 11.6 Å². The zero-order chi connectivity index (χ0) is 10.6. The predicted molar refractivity (Wildman–Crippen MR) is 58.3 cm³/mol. The van der Waals surface area contributed by atoms with Crippen molar-refractivity contribution in [3.05, 3.63) is 4.91 Å². The molecule has 0 radical (unpaired) electrons. The first kappa shape index (κ1) is 13.5. The molecule has 0 heterocycles. The fraction of sp³-hybridized carbons (Fsp3) is 1.00. The summed E-state index contributed by atoms with van der Waals surface area (Å²) >= 11 is 0. The number of hydrogen-bond donors (Lipinski definition) is 2. The van der Waals surface area contributed by atoms with Crippen molar-refractivity contribution in [2.45, 2.75) is 45.1 Å². The zero-order valence-corrected chi connectivity index (χ0v) is 9.04. The SMILES string of the molecule is CC(O)CCCNCCCCCN=O. The topological polar surface area (TPSA) is 61.7 Å². The van der Waals surface area contributed by atoms with Gasteiger partial charge in [0.15, 0.2) is 0 Å². The Labute approximate surface area is 86.1 Å². The van der Waals surface area contributed by atoms with Gasteiger partial charge in [-0.3, -0.25) is 0 Å². The van der Waals surface area contributed by atoms with Crippen molar-refractivity contribution in [1.29, 1.82) is 0 Å². The van der Waals surface area contributed by atoms with Gasteiger partial charge >= 0.3 is 0 Å². The summed E-state index contributed by atoms with van der Waals surface area (Å²) in [5, 5.41) is 15.1. The van der Waals surface area contributed by atoms with Crippen LogP contribution in [-0.4, -0.2) is 30.8 Å². The molecule has 0 spiro atoms. The van der Waals surface area contributed by atoms with Crippen LogP contribution in [0.15, 0.2) is 5.18 Å². The van der Waals surface area contributed by atoms with E-state index >= 15 is 0 Å². The Hall–Kier alpha value is -0.480. The quantitative estimate of drug-likeness (QED) is 0.418. The average Bonchev–Trinajstić information content (AvgIpc) is 2.15. The first-order valence-electron chi connectivity index (χ1n) is 5.45. The maximum absolute atomic E-state index is 9.75. The van der Waals surface area contributed by atoms with Crippen LogP contribution in [0.5, 0.6) is 0 Å². The molecule has 0 aromatic rings. The lowest BCUT2D eigenvalue weighted by molar-refractivity contribution is 0.181. The van der Waals surface area contributed by atoms with Crippen LogP contribution in [0.2, 0.25) is 0 Å². The molecule has 4 nitrogen and oxygen atoms in total. The number of unbranched alkanes of at least 4 members (excludes halogenated alkanes) is 2. The Kier molecular flexibility index (Phi) is 10.2. The molecule has 1 unspecified atom stereocenters. The maximum Gasteiger partial charge on any atom is 0.0811 e. The second-order valence-electron chi connectivity index (χ2n) is 3.65. The molecular weight excluding hydrogens is 180 g/mol. The molecule has 0 saturated carbocycles. The molecule has 0 bridgehead atoms. The van der Waals surface area contributed by atoms with Gasteiger partial charge in [-0.05, 0) is 45.7 Å². The number of nitrogens with one attached hydrogen (secondary N) is 1. The van der Waals surface area contributed by atoms with E-state index in [1.807, 2.05) is 6.92 Å². The molecule has 0 aromatic carbocycles. The van der Waals surface area contributed by atoms with E-state index in [1.54, 1.807) is 0 Å². The summed E-state index contributed by atoms with van der Waals surface area (Å²) in [6.45, 7) is 4.23. The van der Waals surface area contributed by atoms with Crippen molar-refractivity contribution in [2.24, 2.45) is 5.18 Å². The Morgan fingerprint density at radius 2 is 1.93 bits per heavy atom. The van der Waals surface area contributed by atoms with Gasteiger partial charge in [0.05, 0.1) is 12.6 Å². The summed E-state index contributed by atoms with van der Waals surface area (Å²) in [7, 11) is 0. The van der Waals surface area contributed by atoms with Gasteiger partial charge in [0, 0.05) is 0 Å². The van der Waals surface area contributed by atoms with E-state index in [4.69, 9.17) is 5.11 Å². The smallest absolute Gasteiger partial charge is 0.0811 e. The third-order valence-electron chi connectivity index (χ3n) is 2.08. The summed E-state index contributed by atoms with van der Waals surface area (Å²) in [5.41, 5.74) is 0. The molecule has 0 aromatic heterocycles. The molecule has 4 heteroatoms. The van der Waals surface area contributed by atoms with E-state index in [1.165, 1.54) is 0 Å². The first-order valence-corrected chi connectivity index (χ1v) is 5.45. The van der Waals surface area contributed by atoms with E-state index in [9.17, 15) is 4.91 Å². The lowest BCUT2D eigenvalue weighted by atomic mass is 10.2. The molecule has 84 valence electrons. The lowest BCUT2D eigenvalue weighted by Gasteiger charge is -2.05. The number of aliphatic hydroxyl groups excluding tert-OH is 1. The molecule has 0 fully saturated rings. The van der Waals surface area contributed by atoms with Crippen molar-refractivity contribution in [2.75, 3.05) is 19.6 Å². The van der Waals surface area contributed by atoms with Crippen molar-refractivity contribution in [3.8, 4) is 0 Å². The fourth-order valence-electron chi connectivity index (χ4n) is 1.25. The summed E-state index contributed by atoms with van der Waals surface area (Å²) in [6.07, 6.45) is 4.77. The Balaban J connectivity index is 2.88. The largest absolute Gasteiger partial charge is 0.393 e. The molecule has 0 aliphatic rings. The van der Waals surface area contributed by atoms with Gasteiger partial charge in [0.2, 0.25) is 0 Å². The lowest BCUT2D eigenvalue weighted by Crippen LogP contribution is -2.17. The molecule has 0 amide bonds. The second-order valence-corrected chi connectivity index (χ2v) is 3.65. The number of rotatable bonds is 10. The standard InChI is InChI=1S/C10H22N2O2/c1-10(13)6-5-8-11-7-3-2-4-9-12-14/h10-11,13H,2-9H2,1H3. The van der Waals surface area contributed by atoms with Gasteiger partial charge in [-0.25, -0.2) is 0 Å². The Bertz CT molecular complexity index is 129. The van der Waals surface area contributed by atoms with Crippen LogP contribution in [0.1, 0.15) is 39.0 Å². The molecule has 0 saturated heterocycles. The second kappa shape index (κ2) is 10.6. The molecule has 0 rings (SSSR count). The van der Waals surface area contributed by atoms with Crippen LogP contribution in [-0.2, 0) is 0 Å². The van der Waals surface area contributed by atoms with Crippen LogP contribution in [0.3, 0.4) is 0 Å². The molecule has 2 N–H and O–H groups in total. The van der Waals surface area contributed by atoms with Crippen molar-refractivity contribution >= 4 is 0 Å². The Morgan fingerprint density at radius 1 is 1.21 bits per heavy atom. The van der Waals surface area contributed by atoms with Crippen molar-refractivity contribution < 1.29 is 5.11 Å². The number of aliphatic hydroxyl groups is 1. The van der Waals surface area contributed by atoms with Crippen LogP contribution in [0.25, 0.3) is 0 Å². The van der Waals surface area contributed by atoms with Crippen molar-refractivity contribution in [3.63, 3.8) is 0 Å². The third-order valence-corrected chi connectivity index (χ3v) is 2.08. The number of hydrogen-bond acceptors (Lipinski definition) is 4. The van der Waals surface area contributed by atoms with Crippen LogP contribution in [0.4, 0.5) is 0 Å². The molecule has 0 aliphatic carbocycles. The maximum atomic E-state index is 9.75. The minimum Gasteiger partial charge on any atom is -0.393 e. The normalized spacial score (nSPS) is 12.7. The third kappa shape index (κ3) is 11.5. The molecule has 1 atom stereocenters. The van der Waals surface area contributed by atoms with Gasteiger partial charge in [-0.2, -0.15) is 4.91 Å². The molecular formula is C10H22N2O2. The highest BCUT2D eigenvalue weighted by Gasteiger charge is 1.94. The summed E-state index contributed by atoms with van der Waals surface area (Å²) in [5.74, 6) is 0. The van der Waals surface area contributed by atoms with E-state index < -0.39 is 0 Å².